The van der Waals surface area contributed by atoms with E-state index in [9.17, 15) is 9.90 Å². The summed E-state index contributed by atoms with van der Waals surface area (Å²) in [5.41, 5.74) is -0.000898. The number of carbonyl (C=O) groups is 1. The van der Waals surface area contributed by atoms with Gasteiger partial charge in [0.15, 0.2) is 0 Å². The zero-order valence-electron chi connectivity index (χ0n) is 11.1. The Hall–Kier alpha value is -2.09. The van der Waals surface area contributed by atoms with Gasteiger partial charge < -0.3 is 10.0 Å². The molecule has 100 valence electrons. The van der Waals surface area contributed by atoms with Crippen LogP contribution in [-0.2, 0) is 4.79 Å². The Morgan fingerprint density at radius 1 is 1.58 bits per heavy atom. The monoisotopic (exact) mass is 259 g/mol. The molecule has 1 unspecified atom stereocenters. The van der Waals surface area contributed by atoms with E-state index in [1.807, 2.05) is 19.9 Å². The summed E-state index contributed by atoms with van der Waals surface area (Å²) in [7, 11) is 0. The van der Waals surface area contributed by atoms with E-state index in [0.717, 1.165) is 12.8 Å². The lowest BCUT2D eigenvalue weighted by Gasteiger charge is -2.44. The van der Waals surface area contributed by atoms with E-state index in [-0.39, 0.29) is 5.41 Å². The van der Waals surface area contributed by atoms with Crippen LogP contribution in [0.5, 0.6) is 0 Å². The summed E-state index contributed by atoms with van der Waals surface area (Å²) in [4.78, 5) is 17.6. The first-order valence-electron chi connectivity index (χ1n) is 6.32. The fraction of sp³-hybridized carbons (Fsp3) is 0.500. The smallest absolute Gasteiger partial charge is 0.326 e. The molecule has 1 aliphatic heterocycles. The lowest BCUT2D eigenvalue weighted by atomic mass is 9.76. The molecular formula is C14H17N3O2. The van der Waals surface area contributed by atoms with E-state index in [1.165, 1.54) is 0 Å². The minimum atomic E-state index is -0.839. The zero-order chi connectivity index (χ0) is 14.0. The number of pyridine rings is 1. The third-order valence-electron chi connectivity index (χ3n) is 3.65. The van der Waals surface area contributed by atoms with Crippen molar-refractivity contribution in [1.29, 1.82) is 5.26 Å². The summed E-state index contributed by atoms with van der Waals surface area (Å²) < 4.78 is 0. The van der Waals surface area contributed by atoms with Crippen molar-refractivity contribution in [3.05, 3.63) is 23.9 Å². The van der Waals surface area contributed by atoms with E-state index < -0.39 is 12.0 Å². The maximum atomic E-state index is 11.6. The topological polar surface area (TPSA) is 77.2 Å². The molecule has 5 nitrogen and oxygen atoms in total. The predicted molar refractivity (Wildman–Crippen MR) is 70.7 cm³/mol. The molecule has 0 saturated carbocycles. The van der Waals surface area contributed by atoms with Crippen LogP contribution in [0.4, 0.5) is 5.82 Å². The molecule has 19 heavy (non-hydrogen) atoms. The SMILES string of the molecule is CC1(C)CCCN(c2cccc(C#N)n2)C1C(=O)O. The second-order valence-electron chi connectivity index (χ2n) is 5.52. The van der Waals surface area contributed by atoms with E-state index in [2.05, 4.69) is 4.98 Å². The van der Waals surface area contributed by atoms with Crippen molar-refractivity contribution in [2.75, 3.05) is 11.4 Å². The number of aromatic nitrogens is 1. The van der Waals surface area contributed by atoms with Gasteiger partial charge >= 0.3 is 5.97 Å². The number of nitrogens with zero attached hydrogens (tertiary/aromatic N) is 3. The van der Waals surface area contributed by atoms with Crippen molar-refractivity contribution < 1.29 is 9.90 Å². The highest BCUT2D eigenvalue weighted by Crippen LogP contribution is 2.37. The average Bonchev–Trinajstić information content (AvgIpc) is 2.37. The lowest BCUT2D eigenvalue weighted by molar-refractivity contribution is -0.142. The van der Waals surface area contributed by atoms with Gasteiger partial charge in [-0.2, -0.15) is 5.26 Å². The van der Waals surface area contributed by atoms with Gasteiger partial charge in [0.05, 0.1) is 0 Å². The molecule has 1 atom stereocenters. The number of hydrogen-bond donors (Lipinski definition) is 1. The van der Waals surface area contributed by atoms with Gasteiger partial charge in [0.1, 0.15) is 23.6 Å². The highest BCUT2D eigenvalue weighted by atomic mass is 16.4. The molecule has 1 aromatic rings. The summed E-state index contributed by atoms with van der Waals surface area (Å²) in [6, 6.07) is 6.50. The molecular weight excluding hydrogens is 242 g/mol. The molecule has 1 aliphatic rings. The van der Waals surface area contributed by atoms with Crippen LogP contribution in [0.25, 0.3) is 0 Å². The molecule has 0 spiro atoms. The molecule has 0 aromatic carbocycles. The fourth-order valence-electron chi connectivity index (χ4n) is 2.75. The number of carboxylic acids is 1. The zero-order valence-corrected chi connectivity index (χ0v) is 11.1. The van der Waals surface area contributed by atoms with Crippen LogP contribution in [0.1, 0.15) is 32.4 Å². The Bertz CT molecular complexity index is 534. The Morgan fingerprint density at radius 2 is 2.32 bits per heavy atom. The van der Waals surface area contributed by atoms with Crippen LogP contribution in [0.15, 0.2) is 18.2 Å². The molecule has 1 aromatic heterocycles. The van der Waals surface area contributed by atoms with E-state index >= 15 is 0 Å². The normalized spacial score (nSPS) is 21.7. The van der Waals surface area contributed by atoms with Crippen molar-refractivity contribution in [2.45, 2.75) is 32.7 Å². The largest absolute Gasteiger partial charge is 0.480 e. The summed E-state index contributed by atoms with van der Waals surface area (Å²) in [6.07, 6.45) is 1.80. The van der Waals surface area contributed by atoms with Crippen LogP contribution in [-0.4, -0.2) is 28.6 Å². The molecule has 1 fully saturated rings. The second kappa shape index (κ2) is 4.88. The molecule has 5 heteroatoms. The molecule has 2 rings (SSSR count). The van der Waals surface area contributed by atoms with Gasteiger partial charge in [-0.25, -0.2) is 9.78 Å². The Kier molecular flexibility index (Phi) is 3.43. The van der Waals surface area contributed by atoms with Gasteiger partial charge in [0.25, 0.3) is 0 Å². The van der Waals surface area contributed by atoms with E-state index in [4.69, 9.17) is 5.26 Å². The first-order chi connectivity index (χ1) is 8.95. The van der Waals surface area contributed by atoms with E-state index in [0.29, 0.717) is 18.1 Å². The standard InChI is InChI=1S/C14H17N3O2/c1-14(2)7-4-8-17(12(14)13(18)19)11-6-3-5-10(9-15)16-11/h3,5-6,12H,4,7-8H2,1-2H3,(H,18,19). The summed E-state index contributed by atoms with van der Waals surface area (Å²) >= 11 is 0. The average molecular weight is 259 g/mol. The Balaban J connectivity index is 2.41. The molecule has 0 amide bonds. The summed E-state index contributed by atoms with van der Waals surface area (Å²) in [5.74, 6) is -0.270. The van der Waals surface area contributed by atoms with Crippen LogP contribution in [0.3, 0.4) is 0 Å². The summed E-state index contributed by atoms with van der Waals surface area (Å²) in [6.45, 7) is 4.58. The van der Waals surface area contributed by atoms with Crippen LogP contribution in [0, 0.1) is 16.7 Å². The lowest BCUT2D eigenvalue weighted by Crippen LogP contribution is -2.54. The predicted octanol–water partition coefficient (Wildman–Crippen LogP) is 2.03. The highest BCUT2D eigenvalue weighted by molar-refractivity contribution is 5.79. The number of aliphatic carboxylic acids is 1. The molecule has 2 heterocycles. The van der Waals surface area contributed by atoms with Gasteiger partial charge in [0.2, 0.25) is 0 Å². The second-order valence-corrected chi connectivity index (χ2v) is 5.52. The quantitative estimate of drug-likeness (QED) is 0.879. The van der Waals surface area contributed by atoms with Crippen molar-refractivity contribution in [3.63, 3.8) is 0 Å². The van der Waals surface area contributed by atoms with Crippen molar-refractivity contribution in [1.82, 2.24) is 4.98 Å². The van der Waals surface area contributed by atoms with Gasteiger partial charge in [-0.15, -0.1) is 0 Å². The van der Waals surface area contributed by atoms with Gasteiger partial charge in [-0.05, 0) is 30.4 Å². The van der Waals surface area contributed by atoms with Gasteiger partial charge in [0, 0.05) is 6.54 Å². The molecule has 0 bridgehead atoms. The van der Waals surface area contributed by atoms with Crippen LogP contribution < -0.4 is 4.90 Å². The molecule has 1 saturated heterocycles. The molecule has 0 aliphatic carbocycles. The Labute approximate surface area is 112 Å². The first-order valence-corrected chi connectivity index (χ1v) is 6.32. The van der Waals surface area contributed by atoms with Gasteiger partial charge in [-0.3, -0.25) is 0 Å². The maximum Gasteiger partial charge on any atom is 0.326 e. The minimum absolute atomic E-state index is 0.310. The number of anilines is 1. The molecule has 1 N–H and O–H groups in total. The summed E-state index contributed by atoms with van der Waals surface area (Å²) in [5, 5.41) is 18.4. The van der Waals surface area contributed by atoms with Crippen LogP contribution in [0.2, 0.25) is 0 Å². The first kappa shape index (κ1) is 13.3. The fourth-order valence-corrected chi connectivity index (χ4v) is 2.75. The van der Waals surface area contributed by atoms with Crippen molar-refractivity contribution in [2.24, 2.45) is 5.41 Å². The van der Waals surface area contributed by atoms with E-state index in [1.54, 1.807) is 23.1 Å². The van der Waals surface area contributed by atoms with Crippen molar-refractivity contribution in [3.8, 4) is 6.07 Å². The molecule has 0 radical (unpaired) electrons. The highest BCUT2D eigenvalue weighted by Gasteiger charge is 2.43. The van der Waals surface area contributed by atoms with Crippen molar-refractivity contribution >= 4 is 11.8 Å². The maximum absolute atomic E-state index is 11.6. The third kappa shape index (κ3) is 2.53. The number of rotatable bonds is 2. The number of piperidine rings is 1. The third-order valence-corrected chi connectivity index (χ3v) is 3.65. The van der Waals surface area contributed by atoms with Gasteiger partial charge in [-0.1, -0.05) is 19.9 Å². The minimum Gasteiger partial charge on any atom is -0.480 e. The Morgan fingerprint density at radius 3 is 2.95 bits per heavy atom. The van der Waals surface area contributed by atoms with Crippen LogP contribution >= 0.6 is 0 Å². The number of carboxylic acid groups (broad SMARTS) is 1. The number of hydrogen-bond acceptors (Lipinski definition) is 4. The number of nitriles is 1.